The number of pyridine rings is 2. The van der Waals surface area contributed by atoms with Gasteiger partial charge in [-0.3, -0.25) is 15.1 Å². The molecule has 1 atom stereocenters. The topological polar surface area (TPSA) is 97.8 Å². The highest BCUT2D eigenvalue weighted by Gasteiger charge is 2.19. The maximum atomic E-state index is 11.7. The summed E-state index contributed by atoms with van der Waals surface area (Å²) >= 11 is 12.5. The molecule has 1 aliphatic rings. The SMILES string of the molecule is C[C@@H](Oc1ccc2[nH]nc(-c3ccc(C4=CCS(=O)(=O)CC4)nc3)c2c1)c1c(Cl)cncc1Cl. The van der Waals surface area contributed by atoms with Gasteiger partial charge < -0.3 is 4.74 Å². The van der Waals surface area contributed by atoms with E-state index in [1.807, 2.05) is 37.3 Å². The van der Waals surface area contributed by atoms with Crippen LogP contribution >= 0.6 is 23.2 Å². The third-order valence-electron chi connectivity index (χ3n) is 5.78. The Bertz CT molecular complexity index is 1500. The minimum Gasteiger partial charge on any atom is -0.486 e. The lowest BCUT2D eigenvalue weighted by atomic mass is 10.1. The number of nitrogens with zero attached hydrogens (tertiary/aromatic N) is 3. The van der Waals surface area contributed by atoms with Gasteiger partial charge in [-0.1, -0.05) is 29.3 Å². The number of hydrogen-bond acceptors (Lipinski definition) is 6. The fraction of sp³-hybridized carbons (Fsp3) is 0.208. The lowest BCUT2D eigenvalue weighted by Gasteiger charge is -2.17. The molecule has 0 saturated carbocycles. The summed E-state index contributed by atoms with van der Waals surface area (Å²) in [6.45, 7) is 1.88. The number of ether oxygens (including phenoxy) is 1. The third kappa shape index (κ3) is 4.53. The van der Waals surface area contributed by atoms with E-state index in [-0.39, 0.29) is 17.6 Å². The Labute approximate surface area is 206 Å². The molecule has 0 unspecified atom stereocenters. The van der Waals surface area contributed by atoms with Gasteiger partial charge in [0.05, 0.1) is 32.8 Å². The van der Waals surface area contributed by atoms with Crippen LogP contribution in [0.1, 0.15) is 30.7 Å². The first-order chi connectivity index (χ1) is 16.3. The van der Waals surface area contributed by atoms with Gasteiger partial charge in [0.25, 0.3) is 0 Å². The molecule has 1 aliphatic heterocycles. The van der Waals surface area contributed by atoms with Crippen molar-refractivity contribution in [2.24, 2.45) is 0 Å². The van der Waals surface area contributed by atoms with Gasteiger partial charge in [0.15, 0.2) is 9.84 Å². The molecule has 0 fully saturated rings. The molecule has 1 aromatic carbocycles. The zero-order valence-electron chi connectivity index (χ0n) is 18.1. The van der Waals surface area contributed by atoms with Crippen molar-refractivity contribution in [3.63, 3.8) is 0 Å². The van der Waals surface area contributed by atoms with Crippen molar-refractivity contribution in [3.8, 4) is 17.0 Å². The van der Waals surface area contributed by atoms with Crippen LogP contribution in [-0.4, -0.2) is 40.1 Å². The second-order valence-corrected chi connectivity index (χ2v) is 11.1. The number of halogens is 2. The van der Waals surface area contributed by atoms with E-state index in [1.165, 1.54) is 0 Å². The number of benzene rings is 1. The van der Waals surface area contributed by atoms with E-state index in [4.69, 9.17) is 27.9 Å². The molecule has 4 heterocycles. The quantitative estimate of drug-likeness (QED) is 0.368. The van der Waals surface area contributed by atoms with E-state index >= 15 is 0 Å². The second kappa shape index (κ2) is 9.02. The van der Waals surface area contributed by atoms with Crippen molar-refractivity contribution in [1.82, 2.24) is 20.2 Å². The summed E-state index contributed by atoms with van der Waals surface area (Å²) in [6.07, 6.45) is 6.67. The Morgan fingerprint density at radius 3 is 2.56 bits per heavy atom. The van der Waals surface area contributed by atoms with Crippen molar-refractivity contribution in [3.05, 3.63) is 76.3 Å². The highest BCUT2D eigenvalue weighted by molar-refractivity contribution is 7.91. The number of rotatable bonds is 5. The number of H-pyrrole nitrogens is 1. The fourth-order valence-electron chi connectivity index (χ4n) is 3.99. The second-order valence-electron chi connectivity index (χ2n) is 8.08. The van der Waals surface area contributed by atoms with Gasteiger partial charge in [-0.2, -0.15) is 5.10 Å². The minimum absolute atomic E-state index is 0.0624. The molecule has 174 valence electrons. The maximum absolute atomic E-state index is 11.7. The van der Waals surface area contributed by atoms with Crippen molar-refractivity contribution in [2.45, 2.75) is 19.4 Å². The molecule has 0 spiro atoms. The molecule has 1 N–H and O–H groups in total. The maximum Gasteiger partial charge on any atom is 0.154 e. The van der Waals surface area contributed by atoms with E-state index < -0.39 is 9.84 Å². The normalized spacial score (nSPS) is 16.3. The van der Waals surface area contributed by atoms with Crippen LogP contribution in [0.2, 0.25) is 10.0 Å². The molecular weight excluding hydrogens is 495 g/mol. The molecule has 3 aromatic heterocycles. The van der Waals surface area contributed by atoms with E-state index in [0.29, 0.717) is 27.8 Å². The van der Waals surface area contributed by atoms with Crippen molar-refractivity contribution in [2.75, 3.05) is 11.5 Å². The van der Waals surface area contributed by atoms with Gasteiger partial charge in [0, 0.05) is 35.1 Å². The molecule has 7 nitrogen and oxygen atoms in total. The number of sulfone groups is 1. The van der Waals surface area contributed by atoms with Crippen LogP contribution in [0.3, 0.4) is 0 Å². The summed E-state index contributed by atoms with van der Waals surface area (Å²) in [7, 11) is -2.98. The molecule has 0 aliphatic carbocycles. The van der Waals surface area contributed by atoms with E-state index in [9.17, 15) is 8.42 Å². The van der Waals surface area contributed by atoms with Gasteiger partial charge in [-0.05, 0) is 49.2 Å². The van der Waals surface area contributed by atoms with Crippen LogP contribution in [0, 0.1) is 0 Å². The summed E-state index contributed by atoms with van der Waals surface area (Å²) in [5.41, 5.74) is 4.85. The van der Waals surface area contributed by atoms with Crippen LogP contribution in [0.25, 0.3) is 27.7 Å². The molecule has 0 amide bonds. The summed E-state index contributed by atoms with van der Waals surface area (Å²) in [5.74, 6) is 0.862. The Kier molecular flexibility index (Phi) is 6.06. The van der Waals surface area contributed by atoms with E-state index in [1.54, 1.807) is 24.7 Å². The smallest absolute Gasteiger partial charge is 0.154 e. The van der Waals surface area contributed by atoms with E-state index in [2.05, 4.69) is 20.2 Å². The summed E-state index contributed by atoms with van der Waals surface area (Å²) in [6, 6.07) is 9.51. The number of aromatic nitrogens is 4. The molecular formula is C24H20Cl2N4O3S. The number of nitrogens with one attached hydrogen (secondary N) is 1. The lowest BCUT2D eigenvalue weighted by Crippen LogP contribution is -2.15. The monoisotopic (exact) mass is 514 g/mol. The van der Waals surface area contributed by atoms with E-state index in [0.717, 1.165) is 33.4 Å². The first-order valence-corrected chi connectivity index (χ1v) is 13.2. The predicted octanol–water partition coefficient (Wildman–Crippen LogP) is 5.67. The highest BCUT2D eigenvalue weighted by atomic mass is 35.5. The lowest BCUT2D eigenvalue weighted by molar-refractivity contribution is 0.227. The molecule has 10 heteroatoms. The molecule has 5 rings (SSSR count). The van der Waals surface area contributed by atoms with Crippen LogP contribution in [0.15, 0.2) is 55.0 Å². The van der Waals surface area contributed by atoms with Crippen molar-refractivity contribution in [1.29, 1.82) is 0 Å². The minimum atomic E-state index is -2.98. The molecule has 4 aromatic rings. The average Bonchev–Trinajstić information content (AvgIpc) is 3.22. The third-order valence-corrected chi connectivity index (χ3v) is 7.88. The number of hydrogen-bond donors (Lipinski definition) is 1. The summed E-state index contributed by atoms with van der Waals surface area (Å²) < 4.78 is 29.5. The Morgan fingerprint density at radius 1 is 1.09 bits per heavy atom. The Morgan fingerprint density at radius 2 is 1.88 bits per heavy atom. The first-order valence-electron chi connectivity index (χ1n) is 10.6. The first kappa shape index (κ1) is 22.8. The van der Waals surface area contributed by atoms with Crippen LogP contribution in [-0.2, 0) is 9.84 Å². The highest BCUT2D eigenvalue weighted by Crippen LogP contribution is 2.35. The van der Waals surface area contributed by atoms with Gasteiger partial charge >= 0.3 is 0 Å². The summed E-state index contributed by atoms with van der Waals surface area (Å²) in [4.78, 5) is 8.55. The number of fused-ring (bicyclic) bond motifs is 1. The van der Waals surface area contributed by atoms with Crippen LogP contribution in [0.4, 0.5) is 0 Å². The predicted molar refractivity (Wildman–Crippen MR) is 134 cm³/mol. The fourth-order valence-corrected chi connectivity index (χ4v) is 5.82. The zero-order chi connectivity index (χ0) is 23.9. The van der Waals surface area contributed by atoms with Crippen molar-refractivity contribution < 1.29 is 13.2 Å². The van der Waals surface area contributed by atoms with Gasteiger partial charge in [0.1, 0.15) is 17.5 Å². The Hall–Kier alpha value is -2.94. The average molecular weight is 515 g/mol. The van der Waals surface area contributed by atoms with Gasteiger partial charge in [-0.15, -0.1) is 0 Å². The molecule has 34 heavy (non-hydrogen) atoms. The molecule has 0 saturated heterocycles. The number of allylic oxidation sites excluding steroid dienone is 1. The van der Waals surface area contributed by atoms with Gasteiger partial charge in [-0.25, -0.2) is 8.42 Å². The number of aromatic amines is 1. The summed E-state index contributed by atoms with van der Waals surface area (Å²) in [5, 5.41) is 9.29. The largest absolute Gasteiger partial charge is 0.486 e. The standard InChI is InChI=1S/C24H20Cl2N4O3S/c1-14(23-19(25)12-27-13-20(23)26)33-17-3-5-22-18(10-17)24(30-29-22)16-2-4-21(28-11-16)15-6-8-34(31,32)9-7-15/h2-6,10-14H,7-9H2,1H3,(H,29,30)/t14-/m1/s1. The molecule has 0 radical (unpaired) electrons. The Balaban J connectivity index is 1.42. The zero-order valence-corrected chi connectivity index (χ0v) is 20.5. The van der Waals surface area contributed by atoms with Crippen LogP contribution < -0.4 is 4.74 Å². The molecule has 0 bridgehead atoms. The van der Waals surface area contributed by atoms with Gasteiger partial charge in [0.2, 0.25) is 0 Å². The van der Waals surface area contributed by atoms with Crippen LogP contribution in [0.5, 0.6) is 5.75 Å². The van der Waals surface area contributed by atoms with Crippen molar-refractivity contribution >= 4 is 49.5 Å².